The Balaban J connectivity index is -0.000000480. The van der Waals surface area contributed by atoms with Crippen molar-refractivity contribution in [3.63, 3.8) is 0 Å². The van der Waals surface area contributed by atoms with E-state index in [0.717, 1.165) is 12.8 Å². The molecule has 0 bridgehead atoms. The summed E-state index contributed by atoms with van der Waals surface area (Å²) < 4.78 is 0. The minimum Gasteiger partial charge on any atom is -1.00 e. The van der Waals surface area contributed by atoms with Gasteiger partial charge >= 0.3 is 57.4 Å². The van der Waals surface area contributed by atoms with E-state index < -0.39 is 23.8 Å². The second kappa shape index (κ2) is 6.01. The van der Waals surface area contributed by atoms with E-state index in [2.05, 4.69) is 0 Å². The van der Waals surface area contributed by atoms with Crippen molar-refractivity contribution in [2.45, 2.75) is 25.7 Å². The molecule has 1 aliphatic carbocycles. The number of carboxylic acids is 2. The number of hydrogen-bond acceptors (Lipinski definition) is 2. The molecule has 1 rings (SSSR count). The van der Waals surface area contributed by atoms with Crippen LogP contribution < -0.4 is 0 Å². The van der Waals surface area contributed by atoms with Gasteiger partial charge in [-0.25, -0.2) is 0 Å². The third kappa shape index (κ3) is 3.58. The van der Waals surface area contributed by atoms with Gasteiger partial charge in [0.05, 0.1) is 11.8 Å². The maximum atomic E-state index is 10.6. The fourth-order valence-electron chi connectivity index (χ4n) is 1.72. The standard InChI is InChI=1S/C8H12O4.Sr.2H/c9-7(10)5-3-1-2-4-6(5)8(11)12;;;/h5-6H,1-4H2,(H,9,10)(H,11,12);;;/q;+2;2*-1. The molecular weight excluding hydrogens is 248 g/mol. The Morgan fingerprint density at radius 1 is 1.00 bits per heavy atom. The monoisotopic (exact) mass is 262 g/mol. The first kappa shape index (κ1) is 13.4. The van der Waals surface area contributed by atoms with Crippen molar-refractivity contribution in [1.29, 1.82) is 0 Å². The van der Waals surface area contributed by atoms with Gasteiger partial charge in [0.25, 0.3) is 0 Å². The molecule has 0 aromatic heterocycles. The number of carboxylic acid groups (broad SMARTS) is 2. The minimum atomic E-state index is -0.970. The van der Waals surface area contributed by atoms with Crippen LogP contribution in [0.3, 0.4) is 0 Å². The van der Waals surface area contributed by atoms with Crippen LogP contribution in [0.2, 0.25) is 0 Å². The minimum absolute atomic E-state index is 0. The summed E-state index contributed by atoms with van der Waals surface area (Å²) in [6.45, 7) is 0. The van der Waals surface area contributed by atoms with Crippen LogP contribution in [-0.4, -0.2) is 67.6 Å². The van der Waals surface area contributed by atoms with Gasteiger partial charge < -0.3 is 13.1 Å². The summed E-state index contributed by atoms with van der Waals surface area (Å²) >= 11 is 0. The van der Waals surface area contributed by atoms with E-state index in [9.17, 15) is 9.59 Å². The summed E-state index contributed by atoms with van der Waals surface area (Å²) in [5, 5.41) is 17.4. The van der Waals surface area contributed by atoms with E-state index in [-0.39, 0.29) is 48.3 Å². The normalized spacial score (nSPS) is 27.4. The third-order valence-electron chi connectivity index (χ3n) is 2.40. The molecule has 2 unspecified atom stereocenters. The van der Waals surface area contributed by atoms with E-state index in [4.69, 9.17) is 10.2 Å². The molecule has 0 saturated heterocycles. The van der Waals surface area contributed by atoms with Gasteiger partial charge in [-0.15, -0.1) is 0 Å². The summed E-state index contributed by atoms with van der Waals surface area (Å²) in [7, 11) is 0. The van der Waals surface area contributed by atoms with Crippen molar-refractivity contribution in [1.82, 2.24) is 0 Å². The van der Waals surface area contributed by atoms with E-state index in [1.54, 1.807) is 0 Å². The van der Waals surface area contributed by atoms with Gasteiger partial charge in [-0.3, -0.25) is 9.59 Å². The van der Waals surface area contributed by atoms with Crippen LogP contribution in [-0.2, 0) is 9.59 Å². The fraction of sp³-hybridized carbons (Fsp3) is 0.750. The fourth-order valence-corrected chi connectivity index (χ4v) is 1.72. The first-order valence-corrected chi connectivity index (χ1v) is 4.08. The summed E-state index contributed by atoms with van der Waals surface area (Å²) in [6, 6.07) is 0. The zero-order chi connectivity index (χ0) is 9.14. The number of hydrogen-bond donors (Lipinski definition) is 2. The zero-order valence-corrected chi connectivity index (χ0v) is 10.9. The van der Waals surface area contributed by atoms with Gasteiger partial charge in [-0.05, 0) is 12.8 Å². The summed E-state index contributed by atoms with van der Waals surface area (Å²) in [5.74, 6) is -3.28. The predicted molar refractivity (Wildman–Crippen MR) is 48.7 cm³/mol. The van der Waals surface area contributed by atoms with Crippen molar-refractivity contribution in [3.8, 4) is 0 Å². The average molecular weight is 262 g/mol. The molecule has 13 heavy (non-hydrogen) atoms. The quantitative estimate of drug-likeness (QED) is 0.722. The molecule has 2 atom stereocenters. The first-order chi connectivity index (χ1) is 5.63. The molecule has 4 nitrogen and oxygen atoms in total. The van der Waals surface area contributed by atoms with E-state index in [1.807, 2.05) is 0 Å². The molecule has 0 amide bonds. The van der Waals surface area contributed by atoms with E-state index in [1.165, 1.54) is 0 Å². The summed E-state index contributed by atoms with van der Waals surface area (Å²) in [6.07, 6.45) is 2.68. The van der Waals surface area contributed by atoms with Gasteiger partial charge in [-0.2, -0.15) is 0 Å². The van der Waals surface area contributed by atoms with Crippen LogP contribution in [0.1, 0.15) is 28.5 Å². The van der Waals surface area contributed by atoms with E-state index in [0.29, 0.717) is 12.8 Å². The Morgan fingerprint density at radius 2 is 1.31 bits per heavy atom. The first-order valence-electron chi connectivity index (χ1n) is 4.08. The van der Waals surface area contributed by atoms with Crippen LogP contribution in [0.4, 0.5) is 0 Å². The van der Waals surface area contributed by atoms with Crippen molar-refractivity contribution in [3.05, 3.63) is 0 Å². The summed E-state index contributed by atoms with van der Waals surface area (Å²) in [5.41, 5.74) is 0. The van der Waals surface area contributed by atoms with E-state index >= 15 is 0 Å². The van der Waals surface area contributed by atoms with Crippen LogP contribution in [0.15, 0.2) is 0 Å². The van der Waals surface area contributed by atoms with Gasteiger partial charge in [0.15, 0.2) is 0 Å². The summed E-state index contributed by atoms with van der Waals surface area (Å²) in [4.78, 5) is 21.2. The molecule has 0 radical (unpaired) electrons. The topological polar surface area (TPSA) is 74.6 Å². The number of carbonyl (C=O) groups is 2. The maximum Gasteiger partial charge on any atom is 2.00 e. The molecule has 1 fully saturated rings. The second-order valence-electron chi connectivity index (χ2n) is 3.17. The Bertz CT molecular complexity index is 191. The van der Waals surface area contributed by atoms with Crippen LogP contribution in [0.25, 0.3) is 0 Å². The molecule has 5 heteroatoms. The van der Waals surface area contributed by atoms with Gasteiger partial charge in [-0.1, -0.05) is 12.8 Å². The Labute approximate surface area is 117 Å². The zero-order valence-electron chi connectivity index (χ0n) is 9.40. The van der Waals surface area contributed by atoms with Crippen molar-refractivity contribution < 1.29 is 22.7 Å². The molecule has 0 heterocycles. The molecule has 2 N–H and O–H groups in total. The Morgan fingerprint density at radius 3 is 1.54 bits per heavy atom. The molecule has 1 saturated carbocycles. The maximum absolute atomic E-state index is 10.6. The number of rotatable bonds is 2. The molecule has 1 aliphatic rings. The Kier molecular flexibility index (Phi) is 6.20. The molecule has 0 aromatic carbocycles. The smallest absolute Gasteiger partial charge is 1.00 e. The molecule has 72 valence electrons. The SMILES string of the molecule is O=C(O)C1CCCCC1C(=O)O.[H-].[H-].[Sr+2]. The third-order valence-corrected chi connectivity index (χ3v) is 2.40. The van der Waals surface area contributed by atoms with Gasteiger partial charge in [0, 0.05) is 0 Å². The van der Waals surface area contributed by atoms with Crippen LogP contribution in [0.5, 0.6) is 0 Å². The van der Waals surface area contributed by atoms with Crippen LogP contribution >= 0.6 is 0 Å². The molecular formula is C8H14O4Sr. The molecule has 0 aromatic rings. The predicted octanol–water partition coefficient (Wildman–Crippen LogP) is 0.806. The number of aliphatic carboxylic acids is 2. The largest absolute Gasteiger partial charge is 2.00 e. The average Bonchev–Trinajstić information content (AvgIpc) is 2.04. The van der Waals surface area contributed by atoms with Crippen molar-refractivity contribution in [2.75, 3.05) is 0 Å². The van der Waals surface area contributed by atoms with Crippen molar-refractivity contribution >= 4 is 57.4 Å². The second-order valence-corrected chi connectivity index (χ2v) is 3.17. The molecule has 0 spiro atoms. The molecule has 0 aliphatic heterocycles. The van der Waals surface area contributed by atoms with Crippen molar-refractivity contribution in [2.24, 2.45) is 11.8 Å². The van der Waals surface area contributed by atoms with Crippen LogP contribution in [0, 0.1) is 11.8 Å². The van der Waals surface area contributed by atoms with Gasteiger partial charge in [0.1, 0.15) is 0 Å². The Hall–Kier alpha value is 0.421. The van der Waals surface area contributed by atoms with Gasteiger partial charge in [0.2, 0.25) is 0 Å².